The number of ketones is 1. The molecule has 2 rings (SSSR count). The molecule has 0 atom stereocenters. The van der Waals surface area contributed by atoms with Crippen LogP contribution in [0.2, 0.25) is 0 Å². The van der Waals surface area contributed by atoms with Crippen molar-refractivity contribution >= 4 is 11.7 Å². The van der Waals surface area contributed by atoms with Crippen LogP contribution >= 0.6 is 0 Å². The minimum absolute atomic E-state index is 0.0549. The van der Waals surface area contributed by atoms with Crippen LogP contribution in [0.1, 0.15) is 28.4 Å². The number of nitrogens with zero attached hydrogens (tertiary/aromatic N) is 1. The molecule has 2 aromatic rings. The Balaban J connectivity index is 1.82. The van der Waals surface area contributed by atoms with Crippen molar-refractivity contribution in [2.45, 2.75) is 13.5 Å². The monoisotopic (exact) mass is 308 g/mol. The fraction of sp³-hybridized carbons (Fsp3) is 0.167. The summed E-state index contributed by atoms with van der Waals surface area (Å²) >= 11 is 0. The highest BCUT2D eigenvalue weighted by Gasteiger charge is 2.05. The molecule has 0 aliphatic heterocycles. The third-order valence-corrected chi connectivity index (χ3v) is 3.18. The van der Waals surface area contributed by atoms with Gasteiger partial charge in [-0.1, -0.05) is 24.3 Å². The minimum Gasteiger partial charge on any atom is -0.484 e. The Hall–Kier alpha value is -3.13. The van der Waals surface area contributed by atoms with Gasteiger partial charge in [-0.2, -0.15) is 5.26 Å². The standard InChI is InChI=1S/C18H16N2O3/c1-13(21)16-3-2-4-17(9-16)23-12-18(22)20-11-15-7-5-14(10-19)6-8-15/h2-9H,11-12H2,1H3,(H,20,22). The summed E-state index contributed by atoms with van der Waals surface area (Å²) in [5, 5.41) is 11.5. The number of nitrogens with one attached hydrogen (secondary N) is 1. The number of carbonyl (C=O) groups is 2. The van der Waals surface area contributed by atoms with Crippen molar-refractivity contribution in [1.29, 1.82) is 5.26 Å². The summed E-state index contributed by atoms with van der Waals surface area (Å²) in [6, 6.07) is 15.7. The molecule has 0 spiro atoms. The largest absolute Gasteiger partial charge is 0.484 e. The second-order valence-corrected chi connectivity index (χ2v) is 4.96. The van der Waals surface area contributed by atoms with E-state index >= 15 is 0 Å². The van der Waals surface area contributed by atoms with E-state index in [4.69, 9.17) is 10.00 Å². The van der Waals surface area contributed by atoms with E-state index in [1.54, 1.807) is 48.5 Å². The molecule has 0 bridgehead atoms. The molecule has 0 unspecified atom stereocenters. The lowest BCUT2D eigenvalue weighted by atomic mass is 10.1. The average Bonchev–Trinajstić information content (AvgIpc) is 2.58. The number of carbonyl (C=O) groups excluding carboxylic acids is 2. The summed E-state index contributed by atoms with van der Waals surface area (Å²) in [6.45, 7) is 1.71. The summed E-state index contributed by atoms with van der Waals surface area (Å²) in [7, 11) is 0. The van der Waals surface area contributed by atoms with E-state index < -0.39 is 0 Å². The molecular weight excluding hydrogens is 292 g/mol. The lowest BCUT2D eigenvalue weighted by molar-refractivity contribution is -0.123. The first-order chi connectivity index (χ1) is 11.1. The van der Waals surface area contributed by atoms with Crippen LogP contribution in [0.3, 0.4) is 0 Å². The molecule has 0 fully saturated rings. The van der Waals surface area contributed by atoms with Crippen molar-refractivity contribution in [2.24, 2.45) is 0 Å². The van der Waals surface area contributed by atoms with Gasteiger partial charge in [-0.05, 0) is 36.8 Å². The van der Waals surface area contributed by atoms with E-state index in [1.165, 1.54) is 6.92 Å². The molecule has 0 saturated carbocycles. The molecule has 1 amide bonds. The fourth-order valence-corrected chi connectivity index (χ4v) is 1.90. The molecule has 2 aromatic carbocycles. The van der Waals surface area contributed by atoms with Crippen LogP contribution in [0, 0.1) is 11.3 Å². The number of rotatable bonds is 6. The van der Waals surface area contributed by atoms with E-state index in [9.17, 15) is 9.59 Å². The lowest BCUT2D eigenvalue weighted by Crippen LogP contribution is -2.28. The Labute approximate surface area is 134 Å². The molecule has 0 saturated heterocycles. The van der Waals surface area contributed by atoms with Gasteiger partial charge in [0.15, 0.2) is 12.4 Å². The maximum absolute atomic E-state index is 11.8. The van der Waals surface area contributed by atoms with E-state index in [0.717, 1.165) is 5.56 Å². The van der Waals surface area contributed by atoms with Gasteiger partial charge in [-0.15, -0.1) is 0 Å². The normalized spacial score (nSPS) is 9.74. The van der Waals surface area contributed by atoms with Crippen molar-refractivity contribution in [3.05, 3.63) is 65.2 Å². The predicted octanol–water partition coefficient (Wildman–Crippen LogP) is 2.46. The smallest absolute Gasteiger partial charge is 0.258 e. The van der Waals surface area contributed by atoms with Gasteiger partial charge in [0.2, 0.25) is 0 Å². The van der Waals surface area contributed by atoms with Crippen LogP contribution in [-0.4, -0.2) is 18.3 Å². The summed E-state index contributed by atoms with van der Waals surface area (Å²) in [5.41, 5.74) is 2.02. The maximum atomic E-state index is 11.8. The summed E-state index contributed by atoms with van der Waals surface area (Å²) in [6.07, 6.45) is 0. The third kappa shape index (κ3) is 4.97. The van der Waals surface area contributed by atoms with Gasteiger partial charge < -0.3 is 10.1 Å². The van der Waals surface area contributed by atoms with E-state index in [-0.39, 0.29) is 18.3 Å². The minimum atomic E-state index is -0.261. The topological polar surface area (TPSA) is 79.2 Å². The Kier molecular flexibility index (Phi) is 5.48. The van der Waals surface area contributed by atoms with Gasteiger partial charge >= 0.3 is 0 Å². The van der Waals surface area contributed by atoms with Crippen molar-refractivity contribution < 1.29 is 14.3 Å². The van der Waals surface area contributed by atoms with Gasteiger partial charge in [0.05, 0.1) is 11.6 Å². The van der Waals surface area contributed by atoms with E-state index in [1.807, 2.05) is 6.07 Å². The number of hydrogen-bond donors (Lipinski definition) is 1. The fourth-order valence-electron chi connectivity index (χ4n) is 1.90. The third-order valence-electron chi connectivity index (χ3n) is 3.18. The van der Waals surface area contributed by atoms with Crippen molar-refractivity contribution in [3.8, 4) is 11.8 Å². The van der Waals surface area contributed by atoms with Crippen LogP contribution in [-0.2, 0) is 11.3 Å². The highest BCUT2D eigenvalue weighted by atomic mass is 16.5. The molecule has 0 aliphatic rings. The lowest BCUT2D eigenvalue weighted by Gasteiger charge is -2.08. The molecule has 5 heteroatoms. The van der Waals surface area contributed by atoms with Gasteiger partial charge in [0.1, 0.15) is 5.75 Å². The zero-order valence-corrected chi connectivity index (χ0v) is 12.7. The Morgan fingerprint density at radius 1 is 1.17 bits per heavy atom. The van der Waals surface area contributed by atoms with Crippen molar-refractivity contribution in [2.75, 3.05) is 6.61 Å². The van der Waals surface area contributed by atoms with E-state index in [2.05, 4.69) is 5.32 Å². The number of amides is 1. The molecule has 116 valence electrons. The molecule has 5 nitrogen and oxygen atoms in total. The highest BCUT2D eigenvalue weighted by molar-refractivity contribution is 5.94. The molecule has 0 aromatic heterocycles. The Morgan fingerprint density at radius 2 is 1.91 bits per heavy atom. The molecule has 0 aliphatic carbocycles. The second-order valence-electron chi connectivity index (χ2n) is 4.96. The predicted molar refractivity (Wildman–Crippen MR) is 84.9 cm³/mol. The van der Waals surface area contributed by atoms with Crippen LogP contribution < -0.4 is 10.1 Å². The molecule has 0 heterocycles. The first-order valence-electron chi connectivity index (χ1n) is 7.08. The maximum Gasteiger partial charge on any atom is 0.258 e. The van der Waals surface area contributed by atoms with Crippen LogP contribution in [0.25, 0.3) is 0 Å². The van der Waals surface area contributed by atoms with E-state index in [0.29, 0.717) is 23.4 Å². The summed E-state index contributed by atoms with van der Waals surface area (Å²) in [4.78, 5) is 23.1. The number of nitriles is 1. The van der Waals surface area contributed by atoms with Crippen LogP contribution in [0.4, 0.5) is 0 Å². The Bertz CT molecular complexity index is 746. The highest BCUT2D eigenvalue weighted by Crippen LogP contribution is 2.13. The quantitative estimate of drug-likeness (QED) is 0.831. The zero-order valence-electron chi connectivity index (χ0n) is 12.7. The zero-order chi connectivity index (χ0) is 16.7. The molecule has 23 heavy (non-hydrogen) atoms. The van der Waals surface area contributed by atoms with Crippen LogP contribution in [0.15, 0.2) is 48.5 Å². The van der Waals surface area contributed by atoms with Crippen molar-refractivity contribution in [3.63, 3.8) is 0 Å². The SMILES string of the molecule is CC(=O)c1cccc(OCC(=O)NCc2ccc(C#N)cc2)c1. The number of ether oxygens (including phenoxy) is 1. The Morgan fingerprint density at radius 3 is 2.57 bits per heavy atom. The van der Waals surface area contributed by atoms with Crippen LogP contribution in [0.5, 0.6) is 5.75 Å². The summed E-state index contributed by atoms with van der Waals surface area (Å²) in [5.74, 6) is 0.162. The van der Waals surface area contributed by atoms with Gasteiger partial charge in [-0.3, -0.25) is 9.59 Å². The first kappa shape index (κ1) is 16.2. The average molecular weight is 308 g/mol. The van der Waals surface area contributed by atoms with Gasteiger partial charge in [-0.25, -0.2) is 0 Å². The summed E-state index contributed by atoms with van der Waals surface area (Å²) < 4.78 is 5.38. The number of Topliss-reactive ketones (excluding diaryl/α,β-unsaturated/α-hetero) is 1. The second kappa shape index (κ2) is 7.76. The number of benzene rings is 2. The van der Waals surface area contributed by atoms with Gasteiger partial charge in [0, 0.05) is 12.1 Å². The number of hydrogen-bond acceptors (Lipinski definition) is 4. The van der Waals surface area contributed by atoms with Gasteiger partial charge in [0.25, 0.3) is 5.91 Å². The molecule has 1 N–H and O–H groups in total. The first-order valence-corrected chi connectivity index (χ1v) is 7.08. The molecule has 0 radical (unpaired) electrons. The van der Waals surface area contributed by atoms with Crippen molar-refractivity contribution in [1.82, 2.24) is 5.32 Å². The molecular formula is C18H16N2O3.